The van der Waals surface area contributed by atoms with E-state index < -0.39 is 35.8 Å². The van der Waals surface area contributed by atoms with Crippen LogP contribution in [0.3, 0.4) is 0 Å². The summed E-state index contributed by atoms with van der Waals surface area (Å²) in [6.45, 7) is 34.5. The number of pyridine rings is 1. The molecular weight excluding hydrogens is 1830 g/mol. The van der Waals surface area contributed by atoms with Gasteiger partial charge in [0, 0.05) is 94.2 Å². The summed E-state index contributed by atoms with van der Waals surface area (Å²) in [5.74, 6) is 0.240. The Morgan fingerprint density at radius 3 is 1.33 bits per heavy atom. The molecule has 0 aliphatic rings. The number of rotatable bonds is 29. The van der Waals surface area contributed by atoms with Crippen molar-refractivity contribution in [2.24, 2.45) is 0 Å². The first-order valence-electron chi connectivity index (χ1n) is 45.5. The van der Waals surface area contributed by atoms with Crippen molar-refractivity contribution in [2.45, 2.75) is 33.8 Å². The van der Waals surface area contributed by atoms with Crippen LogP contribution in [0.15, 0.2) is 422 Å². The zero-order valence-corrected chi connectivity index (χ0v) is 80.1. The van der Waals surface area contributed by atoms with Crippen molar-refractivity contribution in [3.05, 3.63) is 434 Å². The van der Waals surface area contributed by atoms with Crippen LogP contribution in [0, 0.1) is 0 Å². The number of hydrogen-bond donors (Lipinski definition) is 3. The van der Waals surface area contributed by atoms with Gasteiger partial charge in [-0.15, -0.1) is 0 Å². The lowest BCUT2D eigenvalue weighted by atomic mass is 9.97. The molecule has 0 bridgehead atoms. The Labute approximate surface area is 836 Å². The number of imidazole rings is 1. The second kappa shape index (κ2) is 55.6. The molecule has 0 spiro atoms. The molecule has 145 heavy (non-hydrogen) atoms. The number of hydrogen-bond acceptors (Lipinski definition) is 23. The smallest absolute Gasteiger partial charge is 0.338 e. The van der Waals surface area contributed by atoms with Gasteiger partial charge < -0.3 is 63.0 Å². The lowest BCUT2D eigenvalue weighted by molar-refractivity contribution is -0.140. The van der Waals surface area contributed by atoms with Crippen LogP contribution in [0.25, 0.3) is 108 Å². The molecule has 0 atom stereocenters. The van der Waals surface area contributed by atoms with Crippen molar-refractivity contribution in [2.75, 3.05) is 56.9 Å². The largest absolute Gasteiger partial charge is 0.491 e. The molecule has 0 aliphatic carbocycles. The molecule has 15 aromatic carbocycles. The van der Waals surface area contributed by atoms with E-state index in [1.54, 1.807) is 44.2 Å². The number of carbonyl (C=O) groups is 9. The topological polar surface area (TPSA) is 337 Å². The predicted octanol–water partition coefficient (Wildman–Crippen LogP) is 23.8. The molecule has 0 aliphatic heterocycles. The second-order valence-corrected chi connectivity index (χ2v) is 31.3. The molecule has 3 N–H and O–H groups in total. The molecule has 0 radical (unpaired) electrons. The van der Waals surface area contributed by atoms with Gasteiger partial charge in [-0.25, -0.2) is 43.7 Å². The van der Waals surface area contributed by atoms with E-state index in [4.69, 9.17) is 47.4 Å². The maximum absolute atomic E-state index is 11.6. The maximum atomic E-state index is 11.6. The van der Waals surface area contributed by atoms with Gasteiger partial charge in [0.25, 0.3) is 5.91 Å². The number of nitrogens with one attached hydrogen (secondary N) is 3. The summed E-state index contributed by atoms with van der Waals surface area (Å²) in [6.07, 6.45) is 12.2. The Morgan fingerprint density at radius 2 is 0.766 bits per heavy atom. The van der Waals surface area contributed by atoms with Crippen LogP contribution in [-0.2, 0) is 79.9 Å². The highest BCUT2D eigenvalue weighted by Crippen LogP contribution is 2.33. The van der Waals surface area contributed by atoms with Crippen molar-refractivity contribution in [1.82, 2.24) is 24.9 Å². The third kappa shape index (κ3) is 33.1. The van der Waals surface area contributed by atoms with Gasteiger partial charge in [-0.1, -0.05) is 271 Å². The van der Waals surface area contributed by atoms with Gasteiger partial charge in [0.1, 0.15) is 73.6 Å². The third-order valence-corrected chi connectivity index (χ3v) is 21.0. The van der Waals surface area contributed by atoms with Crippen LogP contribution in [0.2, 0.25) is 0 Å². The first kappa shape index (κ1) is 106. The Kier molecular flexibility index (Phi) is 40.8. The number of fused-ring (bicyclic) bond motifs is 10. The Bertz CT molecular complexity index is 7720. The van der Waals surface area contributed by atoms with Crippen LogP contribution < -0.4 is 34.3 Å². The highest BCUT2D eigenvalue weighted by atomic mass is 16.6. The second-order valence-electron chi connectivity index (χ2n) is 31.3. The summed E-state index contributed by atoms with van der Waals surface area (Å²) in [7, 11) is 0. The average Bonchev–Trinajstić information content (AvgIpc) is 1.03. The van der Waals surface area contributed by atoms with Crippen LogP contribution in [-0.4, -0.2) is 125 Å². The van der Waals surface area contributed by atoms with E-state index in [1.165, 1.54) is 53.3 Å². The molecule has 18 aromatic rings. The first-order chi connectivity index (χ1) is 70.4. The van der Waals surface area contributed by atoms with E-state index in [1.807, 2.05) is 219 Å². The van der Waals surface area contributed by atoms with Gasteiger partial charge in [-0.2, -0.15) is 0 Å². The molecule has 0 fully saturated rings. The van der Waals surface area contributed by atoms with Crippen LogP contribution >= 0.6 is 0 Å². The zero-order chi connectivity index (χ0) is 103. The fraction of sp³-hybridized carbons (Fsp3) is 0.101. The van der Waals surface area contributed by atoms with E-state index >= 15 is 0 Å². The number of aromatic nitrogens is 5. The highest BCUT2D eigenvalue weighted by Gasteiger charge is 2.15. The van der Waals surface area contributed by atoms with Gasteiger partial charge in [0.15, 0.2) is 11.5 Å². The quantitative estimate of drug-likeness (QED) is 0.00979. The molecule has 3 heterocycles. The lowest BCUT2D eigenvalue weighted by Crippen LogP contribution is -2.12. The van der Waals surface area contributed by atoms with Gasteiger partial charge in [-0.3, -0.25) is 19.4 Å². The molecule has 0 saturated heterocycles. The van der Waals surface area contributed by atoms with Crippen LogP contribution in [0.1, 0.15) is 32.0 Å². The molecule has 18 rings (SSSR count). The molecule has 730 valence electrons. The number of anilines is 2. The van der Waals surface area contributed by atoms with E-state index in [0.717, 1.165) is 122 Å². The van der Waals surface area contributed by atoms with Crippen LogP contribution in [0.5, 0.6) is 28.7 Å². The number of H-pyrrole nitrogens is 1. The standard InChI is InChI=1S/C21H20O4.C18H14O2.C16H15NO3.C15H14O3.C14H13NO2.C14H12O2.C13H10O2.C8H7N5O/c1-2-21(22)25-12-10-23-9-11-24-20-8-7-18-13-16-5-3-4-6-17(16)14-19(18)15-20;1-2-18(19)20-12-17-15-9-5-3-7-13(15)11-14-8-4-6-10-16(14)17;1-10(2)16(19)17-14-6-4-13-9-15(20-11(3)18)7-5-12(13)8-14;1-2-15(16)18-10-9-17-14-8-7-12-5-3-4-6-13(12)11-14;1-2-14(16)17-8-7-13-9-11-5-3-4-6-12(11)10-15-13;1-10(2)14(15)16-13-9-5-7-11-6-3-4-8-12(11)13;1-2-13(14)15-12-9-5-7-10-6-3-4-8-11(10)12;1-2-5(14)13-8-6-7(10-3-9-6)11-4-12-8/h2-8,13-15H,1,9-12H2;2-11H,1,12H2;4-9H,1H2,2-3H3,(H,17,19);2-8,11H,1,9-10H2;2-6,9-10H,1,7-8H2;3-9H,1H2,2H3;2-9H,1H2;2-4H,1H2,(H2,9,10,11,12,13,14). The fourth-order valence-corrected chi connectivity index (χ4v) is 14.0. The van der Waals surface area contributed by atoms with E-state index in [9.17, 15) is 43.2 Å². The van der Waals surface area contributed by atoms with Gasteiger partial charge in [0.2, 0.25) is 5.91 Å². The normalized spacial score (nSPS) is 10.2. The number of nitrogens with zero attached hydrogens (tertiary/aromatic N) is 4. The van der Waals surface area contributed by atoms with Crippen molar-refractivity contribution in [3.8, 4) is 28.7 Å². The zero-order valence-electron chi connectivity index (χ0n) is 80.1. The minimum absolute atomic E-state index is 0.208. The van der Waals surface area contributed by atoms with Crippen molar-refractivity contribution >= 4 is 173 Å². The van der Waals surface area contributed by atoms with Crippen molar-refractivity contribution in [1.29, 1.82) is 0 Å². The molecule has 26 heteroatoms. The summed E-state index contributed by atoms with van der Waals surface area (Å²) >= 11 is 0. The molecule has 0 unspecified atom stereocenters. The first-order valence-corrected chi connectivity index (χ1v) is 45.5. The van der Waals surface area contributed by atoms with Crippen molar-refractivity contribution < 1.29 is 90.5 Å². The molecule has 2 amide bonds. The van der Waals surface area contributed by atoms with E-state index in [2.05, 4.69) is 149 Å². The minimum Gasteiger partial charge on any atom is -0.491 e. The average molecular weight is 1940 g/mol. The van der Waals surface area contributed by atoms with Gasteiger partial charge >= 0.3 is 41.8 Å². The number of ether oxygens (including phenoxy) is 10. The number of carbonyl (C=O) groups excluding carboxylic acids is 9. The molecule has 26 nitrogen and oxygen atoms in total. The summed E-state index contributed by atoms with van der Waals surface area (Å²) in [5.41, 5.74) is 4.62. The van der Waals surface area contributed by atoms with Gasteiger partial charge in [-0.05, 0) is 186 Å². The summed E-state index contributed by atoms with van der Waals surface area (Å²) in [6, 6.07) is 98.7. The summed E-state index contributed by atoms with van der Waals surface area (Å²) in [5, 5.41) is 25.0. The maximum Gasteiger partial charge on any atom is 0.338 e. The molecular formula is C119H105N7O19. The Balaban J connectivity index is 0.000000159. The lowest BCUT2D eigenvalue weighted by Gasteiger charge is -2.11. The fourth-order valence-electron chi connectivity index (χ4n) is 14.0. The number of esters is 7. The van der Waals surface area contributed by atoms with E-state index in [0.29, 0.717) is 90.5 Å². The Morgan fingerprint density at radius 1 is 0.338 bits per heavy atom. The number of benzene rings is 15. The van der Waals surface area contributed by atoms with E-state index in [-0.39, 0.29) is 37.6 Å². The Hall–Kier alpha value is -19.0. The number of aromatic amines is 1. The van der Waals surface area contributed by atoms with Crippen LogP contribution in [0.4, 0.5) is 11.5 Å². The van der Waals surface area contributed by atoms with Crippen molar-refractivity contribution in [3.63, 3.8) is 0 Å². The van der Waals surface area contributed by atoms with Gasteiger partial charge in [0.05, 0.1) is 26.1 Å². The minimum atomic E-state index is -0.441. The number of amides is 2. The SMILES string of the molecule is C=C(C)C(=O)Nc1ccc2cc(OC(C)=O)ccc2c1.C=C(C)C(=O)Oc1cccc2ccccc12.C=CC(=O)Nc1ncnc2nc[nH]c12.C=CC(=O)OCCOCCOc1ccc2cc3ccccc3cc2c1.C=CC(=O)OCCOc1ccc2ccccc2c1.C=CC(=O)OCCc1cc2ccccc2cn1.C=CC(=O)OCc1c2ccccc2cc2ccccc12.C=CC(=O)Oc1cccc2ccccc12. The monoisotopic (exact) mass is 1940 g/mol. The predicted molar refractivity (Wildman–Crippen MR) is 571 cm³/mol. The summed E-state index contributed by atoms with van der Waals surface area (Å²) in [4.78, 5) is 119. The summed E-state index contributed by atoms with van der Waals surface area (Å²) < 4.78 is 51.8. The molecule has 3 aromatic heterocycles. The third-order valence-electron chi connectivity index (χ3n) is 21.0. The molecule has 0 saturated carbocycles. The highest BCUT2D eigenvalue weighted by molar-refractivity contribution is 6.06.